The largest absolute Gasteiger partial charge is 0.0898 e. The van der Waals surface area contributed by atoms with Gasteiger partial charge in [0.2, 0.25) is 0 Å². The zero-order chi connectivity index (χ0) is 16.8. The standard InChI is InChI=1S/C23H24S/c1-3-9-18(2)22-12-7-8-13-23(22)24-21-16-14-20(15-17-21)19-10-5-4-6-11-19/h4-8,10-18H,3,9H2,1-2H3. The number of hydrogen-bond acceptors (Lipinski definition) is 1. The predicted octanol–water partition coefficient (Wildman–Crippen LogP) is 7.41. The van der Waals surface area contributed by atoms with Gasteiger partial charge in [-0.25, -0.2) is 0 Å². The maximum absolute atomic E-state index is 2.33. The van der Waals surface area contributed by atoms with E-state index >= 15 is 0 Å². The number of rotatable bonds is 6. The maximum atomic E-state index is 2.33. The molecule has 0 spiro atoms. The van der Waals surface area contributed by atoms with Crippen LogP contribution in [0, 0.1) is 0 Å². The highest BCUT2D eigenvalue weighted by atomic mass is 32.2. The quantitative estimate of drug-likeness (QED) is 0.453. The molecule has 1 atom stereocenters. The van der Waals surface area contributed by atoms with Gasteiger partial charge >= 0.3 is 0 Å². The van der Waals surface area contributed by atoms with E-state index in [4.69, 9.17) is 0 Å². The van der Waals surface area contributed by atoms with Crippen LogP contribution in [0.2, 0.25) is 0 Å². The summed E-state index contributed by atoms with van der Waals surface area (Å²) in [5, 5.41) is 0. The van der Waals surface area contributed by atoms with Crippen molar-refractivity contribution in [1.29, 1.82) is 0 Å². The second-order valence-electron chi connectivity index (χ2n) is 6.22. The Hall–Kier alpha value is -1.99. The molecule has 1 unspecified atom stereocenters. The molecule has 0 aliphatic rings. The molecule has 3 aromatic carbocycles. The van der Waals surface area contributed by atoms with Crippen LogP contribution in [-0.4, -0.2) is 0 Å². The van der Waals surface area contributed by atoms with E-state index in [1.165, 1.54) is 39.3 Å². The van der Waals surface area contributed by atoms with Crippen LogP contribution >= 0.6 is 11.8 Å². The summed E-state index contributed by atoms with van der Waals surface area (Å²) in [4.78, 5) is 2.68. The van der Waals surface area contributed by atoms with E-state index in [2.05, 4.69) is 92.7 Å². The fourth-order valence-electron chi connectivity index (χ4n) is 3.04. The minimum absolute atomic E-state index is 0.613. The minimum atomic E-state index is 0.613. The molecule has 0 saturated heterocycles. The van der Waals surface area contributed by atoms with E-state index in [0.717, 1.165) is 0 Å². The second-order valence-corrected chi connectivity index (χ2v) is 7.34. The molecule has 0 N–H and O–H groups in total. The average Bonchev–Trinajstić information content (AvgIpc) is 2.64. The summed E-state index contributed by atoms with van der Waals surface area (Å²) >= 11 is 1.87. The molecule has 0 amide bonds. The van der Waals surface area contributed by atoms with Gasteiger partial charge in [0.15, 0.2) is 0 Å². The Morgan fingerprint density at radius 3 is 2.08 bits per heavy atom. The second kappa shape index (κ2) is 8.21. The van der Waals surface area contributed by atoms with Gasteiger partial charge in [0.1, 0.15) is 0 Å². The molecule has 0 bridgehead atoms. The van der Waals surface area contributed by atoms with Crippen molar-refractivity contribution >= 4 is 11.8 Å². The van der Waals surface area contributed by atoms with E-state index in [0.29, 0.717) is 5.92 Å². The Bertz CT molecular complexity index is 760. The van der Waals surface area contributed by atoms with Gasteiger partial charge in [0.25, 0.3) is 0 Å². The summed E-state index contributed by atoms with van der Waals surface area (Å²) in [5.41, 5.74) is 4.01. The molecular formula is C23H24S. The molecule has 0 radical (unpaired) electrons. The van der Waals surface area contributed by atoms with E-state index < -0.39 is 0 Å². The SMILES string of the molecule is CCCC(C)c1ccccc1Sc1ccc(-c2ccccc2)cc1. The number of benzene rings is 3. The molecule has 0 aliphatic heterocycles. The summed E-state index contributed by atoms with van der Waals surface area (Å²) in [5.74, 6) is 0.613. The number of hydrogen-bond donors (Lipinski definition) is 0. The Morgan fingerprint density at radius 1 is 0.750 bits per heavy atom. The van der Waals surface area contributed by atoms with Crippen molar-refractivity contribution in [2.45, 2.75) is 42.4 Å². The van der Waals surface area contributed by atoms with Gasteiger partial charge in [-0.2, -0.15) is 0 Å². The van der Waals surface area contributed by atoms with Gasteiger partial charge in [-0.3, -0.25) is 0 Å². The molecule has 122 valence electrons. The van der Waals surface area contributed by atoms with Crippen molar-refractivity contribution in [2.24, 2.45) is 0 Å². The van der Waals surface area contributed by atoms with Crippen LogP contribution < -0.4 is 0 Å². The molecule has 0 aliphatic carbocycles. The Labute approximate surface area is 149 Å². The minimum Gasteiger partial charge on any atom is -0.0898 e. The molecule has 0 saturated carbocycles. The van der Waals surface area contributed by atoms with Crippen molar-refractivity contribution in [3.8, 4) is 11.1 Å². The maximum Gasteiger partial charge on any atom is 0.0157 e. The zero-order valence-corrected chi connectivity index (χ0v) is 15.2. The molecule has 24 heavy (non-hydrogen) atoms. The molecule has 0 heterocycles. The molecule has 0 nitrogen and oxygen atoms in total. The lowest BCUT2D eigenvalue weighted by Gasteiger charge is -2.15. The van der Waals surface area contributed by atoms with Gasteiger partial charge in [0, 0.05) is 9.79 Å². The average molecular weight is 333 g/mol. The van der Waals surface area contributed by atoms with E-state index in [1.54, 1.807) is 0 Å². The summed E-state index contributed by atoms with van der Waals surface area (Å²) in [6, 6.07) is 28.3. The molecule has 3 aromatic rings. The predicted molar refractivity (Wildman–Crippen MR) is 106 cm³/mol. The van der Waals surface area contributed by atoms with Crippen LogP contribution in [0.3, 0.4) is 0 Å². The molecular weight excluding hydrogens is 308 g/mol. The Kier molecular flexibility index (Phi) is 5.77. The van der Waals surface area contributed by atoms with Crippen molar-refractivity contribution in [2.75, 3.05) is 0 Å². The monoisotopic (exact) mass is 332 g/mol. The van der Waals surface area contributed by atoms with E-state index in [-0.39, 0.29) is 0 Å². The van der Waals surface area contributed by atoms with Crippen LogP contribution in [0.5, 0.6) is 0 Å². The lowest BCUT2D eigenvalue weighted by atomic mass is 9.97. The van der Waals surface area contributed by atoms with Crippen LogP contribution in [0.25, 0.3) is 11.1 Å². The van der Waals surface area contributed by atoms with Gasteiger partial charge in [-0.15, -0.1) is 0 Å². The summed E-state index contributed by atoms with van der Waals surface area (Å²) < 4.78 is 0. The normalized spacial score (nSPS) is 12.1. The van der Waals surface area contributed by atoms with Crippen molar-refractivity contribution in [3.05, 3.63) is 84.4 Å². The molecule has 1 heteroatoms. The highest BCUT2D eigenvalue weighted by molar-refractivity contribution is 7.99. The third-order valence-corrected chi connectivity index (χ3v) is 5.46. The van der Waals surface area contributed by atoms with Crippen molar-refractivity contribution in [1.82, 2.24) is 0 Å². The summed E-state index contributed by atoms with van der Waals surface area (Å²) in [7, 11) is 0. The fourth-order valence-corrected chi connectivity index (χ4v) is 4.10. The molecule has 0 fully saturated rings. The highest BCUT2D eigenvalue weighted by Gasteiger charge is 2.10. The van der Waals surface area contributed by atoms with Gasteiger partial charge < -0.3 is 0 Å². The van der Waals surface area contributed by atoms with Crippen molar-refractivity contribution in [3.63, 3.8) is 0 Å². The summed E-state index contributed by atoms with van der Waals surface area (Å²) in [6.45, 7) is 4.59. The Morgan fingerprint density at radius 2 is 1.38 bits per heavy atom. The fraction of sp³-hybridized carbons (Fsp3) is 0.217. The summed E-state index contributed by atoms with van der Waals surface area (Å²) in [6.07, 6.45) is 2.47. The zero-order valence-electron chi connectivity index (χ0n) is 14.4. The molecule has 3 rings (SSSR count). The first-order valence-electron chi connectivity index (χ1n) is 8.70. The van der Waals surface area contributed by atoms with E-state index in [1.807, 2.05) is 11.8 Å². The van der Waals surface area contributed by atoms with Crippen LogP contribution in [0.4, 0.5) is 0 Å². The first-order valence-corrected chi connectivity index (χ1v) is 9.52. The third-order valence-electron chi connectivity index (χ3n) is 4.36. The van der Waals surface area contributed by atoms with Crippen LogP contribution in [-0.2, 0) is 0 Å². The molecule has 0 aromatic heterocycles. The first-order chi connectivity index (χ1) is 11.8. The smallest absolute Gasteiger partial charge is 0.0157 e. The van der Waals surface area contributed by atoms with Crippen molar-refractivity contribution < 1.29 is 0 Å². The van der Waals surface area contributed by atoms with Crippen LogP contribution in [0.1, 0.15) is 38.2 Å². The first kappa shape index (κ1) is 16.9. The Balaban J connectivity index is 1.80. The van der Waals surface area contributed by atoms with E-state index in [9.17, 15) is 0 Å². The van der Waals surface area contributed by atoms with Gasteiger partial charge in [0.05, 0.1) is 0 Å². The highest BCUT2D eigenvalue weighted by Crippen LogP contribution is 2.36. The van der Waals surface area contributed by atoms with Gasteiger partial charge in [-0.1, -0.05) is 92.7 Å². The lowest BCUT2D eigenvalue weighted by molar-refractivity contribution is 0.655. The van der Waals surface area contributed by atoms with Crippen LogP contribution in [0.15, 0.2) is 88.7 Å². The topological polar surface area (TPSA) is 0 Å². The lowest BCUT2D eigenvalue weighted by Crippen LogP contribution is -1.95. The van der Waals surface area contributed by atoms with Gasteiger partial charge in [-0.05, 0) is 47.2 Å². The third kappa shape index (κ3) is 4.10.